The van der Waals surface area contributed by atoms with Crippen LogP contribution >= 0.6 is 0 Å². The topological polar surface area (TPSA) is 53.1 Å². The summed E-state index contributed by atoms with van der Waals surface area (Å²) in [4.78, 5) is 14.8. The number of halogens is 2. The minimum Gasteiger partial charge on any atom is -0.508 e. The van der Waals surface area contributed by atoms with Gasteiger partial charge in [0.15, 0.2) is 5.43 Å². The van der Waals surface area contributed by atoms with E-state index in [-0.39, 0.29) is 22.4 Å². The molecule has 3 aromatic rings. The van der Waals surface area contributed by atoms with Crippen molar-refractivity contribution in [1.29, 1.82) is 0 Å². The van der Waals surface area contributed by atoms with Crippen molar-refractivity contribution in [2.45, 2.75) is 0 Å². The largest absolute Gasteiger partial charge is 0.508 e. The van der Waals surface area contributed by atoms with E-state index in [4.69, 9.17) is 0 Å². The fourth-order valence-electron chi connectivity index (χ4n) is 2.09. The number of H-pyrrole nitrogens is 1. The molecule has 3 nitrogen and oxygen atoms in total. The predicted octanol–water partition coefficient (Wildman–Crippen LogP) is 3.18. The Bertz CT molecular complexity index is 871. The first-order valence-corrected chi connectivity index (χ1v) is 5.86. The van der Waals surface area contributed by atoms with Gasteiger partial charge in [-0.25, -0.2) is 8.78 Å². The van der Waals surface area contributed by atoms with Crippen LogP contribution in [0.25, 0.3) is 22.2 Å². The van der Waals surface area contributed by atoms with Crippen LogP contribution in [0.2, 0.25) is 0 Å². The number of benzene rings is 2. The van der Waals surface area contributed by atoms with Crippen molar-refractivity contribution in [3.63, 3.8) is 0 Å². The number of hydrogen-bond acceptors (Lipinski definition) is 2. The summed E-state index contributed by atoms with van der Waals surface area (Å²) < 4.78 is 27.0. The molecule has 1 aromatic heterocycles. The van der Waals surface area contributed by atoms with Gasteiger partial charge in [-0.05, 0) is 30.3 Å². The van der Waals surface area contributed by atoms with E-state index in [0.29, 0.717) is 10.9 Å². The van der Waals surface area contributed by atoms with Crippen molar-refractivity contribution in [2.75, 3.05) is 0 Å². The van der Waals surface area contributed by atoms with Gasteiger partial charge in [-0.3, -0.25) is 4.79 Å². The van der Waals surface area contributed by atoms with Crippen LogP contribution in [-0.2, 0) is 0 Å². The van der Waals surface area contributed by atoms with E-state index in [0.717, 1.165) is 6.07 Å². The number of phenols is 1. The van der Waals surface area contributed by atoms with Crippen molar-refractivity contribution >= 4 is 10.9 Å². The average molecular weight is 273 g/mol. The summed E-state index contributed by atoms with van der Waals surface area (Å²) in [5.41, 5.74) is 0.317. The SMILES string of the molecule is O=c1cc(-c2ccc(O)cc2F)[nH]c2cc(F)ccc12. The molecule has 3 rings (SSSR count). The molecule has 0 saturated carbocycles. The molecule has 100 valence electrons. The zero-order valence-corrected chi connectivity index (χ0v) is 10.2. The zero-order valence-electron chi connectivity index (χ0n) is 10.2. The highest BCUT2D eigenvalue weighted by Crippen LogP contribution is 2.24. The van der Waals surface area contributed by atoms with Gasteiger partial charge in [-0.1, -0.05) is 0 Å². The third kappa shape index (κ3) is 2.03. The van der Waals surface area contributed by atoms with Crippen LogP contribution in [0.4, 0.5) is 8.78 Å². The van der Waals surface area contributed by atoms with E-state index in [2.05, 4.69) is 4.98 Å². The third-order valence-corrected chi connectivity index (χ3v) is 3.03. The molecular weight excluding hydrogens is 264 g/mol. The molecular formula is C15H9F2NO2. The van der Waals surface area contributed by atoms with Crippen LogP contribution in [-0.4, -0.2) is 10.1 Å². The number of fused-ring (bicyclic) bond motifs is 1. The third-order valence-electron chi connectivity index (χ3n) is 3.03. The normalized spacial score (nSPS) is 10.9. The molecule has 0 aliphatic carbocycles. The van der Waals surface area contributed by atoms with Gasteiger partial charge in [-0.15, -0.1) is 0 Å². The van der Waals surface area contributed by atoms with Gasteiger partial charge >= 0.3 is 0 Å². The van der Waals surface area contributed by atoms with Gasteiger partial charge < -0.3 is 10.1 Å². The lowest BCUT2D eigenvalue weighted by molar-refractivity contribution is 0.469. The Morgan fingerprint density at radius 1 is 1.00 bits per heavy atom. The van der Waals surface area contributed by atoms with E-state index < -0.39 is 11.6 Å². The predicted molar refractivity (Wildman–Crippen MR) is 71.6 cm³/mol. The van der Waals surface area contributed by atoms with Crippen molar-refractivity contribution in [3.05, 3.63) is 64.3 Å². The number of aromatic nitrogens is 1. The Kier molecular flexibility index (Phi) is 2.75. The highest BCUT2D eigenvalue weighted by Gasteiger charge is 2.09. The molecule has 2 aromatic carbocycles. The molecule has 0 atom stereocenters. The van der Waals surface area contributed by atoms with Crippen LogP contribution in [0, 0.1) is 11.6 Å². The number of hydrogen-bond donors (Lipinski definition) is 2. The fraction of sp³-hybridized carbons (Fsp3) is 0. The Morgan fingerprint density at radius 2 is 1.80 bits per heavy atom. The lowest BCUT2D eigenvalue weighted by atomic mass is 10.1. The second kappa shape index (κ2) is 4.45. The first-order chi connectivity index (χ1) is 9.54. The summed E-state index contributed by atoms with van der Waals surface area (Å²) in [6.45, 7) is 0. The zero-order chi connectivity index (χ0) is 14.3. The summed E-state index contributed by atoms with van der Waals surface area (Å²) in [7, 11) is 0. The fourth-order valence-corrected chi connectivity index (χ4v) is 2.09. The Hall–Kier alpha value is -2.69. The van der Waals surface area contributed by atoms with Crippen LogP contribution in [0.15, 0.2) is 47.3 Å². The van der Waals surface area contributed by atoms with Gasteiger partial charge in [-0.2, -0.15) is 0 Å². The first-order valence-electron chi connectivity index (χ1n) is 5.86. The monoisotopic (exact) mass is 273 g/mol. The summed E-state index contributed by atoms with van der Waals surface area (Å²) in [6.07, 6.45) is 0. The molecule has 0 fully saturated rings. The standard InChI is InChI=1S/C15H9F2NO2/c16-8-1-3-11-13(5-8)18-14(7-15(11)20)10-4-2-9(19)6-12(10)17/h1-7,19H,(H,18,20). The van der Waals surface area contributed by atoms with E-state index in [1.165, 1.54) is 36.4 Å². The van der Waals surface area contributed by atoms with Gasteiger partial charge in [0.25, 0.3) is 0 Å². The van der Waals surface area contributed by atoms with E-state index in [9.17, 15) is 18.7 Å². The molecule has 0 aliphatic heterocycles. The molecule has 2 N–H and O–H groups in total. The van der Waals surface area contributed by atoms with Crippen LogP contribution in [0.3, 0.4) is 0 Å². The van der Waals surface area contributed by atoms with E-state index in [1.807, 2.05) is 0 Å². The molecule has 0 radical (unpaired) electrons. The summed E-state index contributed by atoms with van der Waals surface area (Å²) in [5.74, 6) is -1.37. The quantitative estimate of drug-likeness (QED) is 0.715. The van der Waals surface area contributed by atoms with Crippen molar-refractivity contribution < 1.29 is 13.9 Å². The molecule has 0 saturated heterocycles. The highest BCUT2D eigenvalue weighted by atomic mass is 19.1. The number of nitrogens with one attached hydrogen (secondary N) is 1. The summed E-state index contributed by atoms with van der Waals surface area (Å²) >= 11 is 0. The molecule has 5 heteroatoms. The van der Waals surface area contributed by atoms with Crippen molar-refractivity contribution in [3.8, 4) is 17.0 Å². The second-order valence-electron chi connectivity index (χ2n) is 4.40. The van der Waals surface area contributed by atoms with Crippen LogP contribution in [0.1, 0.15) is 0 Å². The lowest BCUT2D eigenvalue weighted by Gasteiger charge is -2.06. The molecule has 1 heterocycles. The Labute approximate surface area is 112 Å². The number of pyridine rings is 1. The number of rotatable bonds is 1. The highest BCUT2D eigenvalue weighted by molar-refractivity contribution is 5.81. The molecule has 0 aliphatic rings. The molecule has 0 spiro atoms. The second-order valence-corrected chi connectivity index (χ2v) is 4.40. The maximum absolute atomic E-state index is 13.8. The summed E-state index contributed by atoms with van der Waals surface area (Å²) in [5, 5.41) is 9.51. The minimum absolute atomic E-state index is 0.131. The molecule has 20 heavy (non-hydrogen) atoms. The maximum Gasteiger partial charge on any atom is 0.190 e. The number of aromatic amines is 1. The molecule has 0 bridgehead atoms. The van der Waals surface area contributed by atoms with Crippen molar-refractivity contribution in [1.82, 2.24) is 4.98 Å². The van der Waals surface area contributed by atoms with Crippen LogP contribution < -0.4 is 5.43 Å². The lowest BCUT2D eigenvalue weighted by Crippen LogP contribution is -2.03. The molecule has 0 unspecified atom stereocenters. The Morgan fingerprint density at radius 3 is 2.55 bits per heavy atom. The van der Waals surface area contributed by atoms with E-state index in [1.54, 1.807) is 0 Å². The van der Waals surface area contributed by atoms with Gasteiger partial charge in [0.05, 0.1) is 11.2 Å². The Balaban J connectivity index is 2.29. The minimum atomic E-state index is -0.670. The van der Waals surface area contributed by atoms with Gasteiger partial charge in [0.2, 0.25) is 0 Å². The smallest absolute Gasteiger partial charge is 0.190 e. The van der Waals surface area contributed by atoms with Crippen molar-refractivity contribution in [2.24, 2.45) is 0 Å². The van der Waals surface area contributed by atoms with E-state index >= 15 is 0 Å². The number of phenolic OH excluding ortho intramolecular Hbond substituents is 1. The summed E-state index contributed by atoms with van der Waals surface area (Å²) in [6, 6.07) is 8.60. The maximum atomic E-state index is 13.8. The van der Waals surface area contributed by atoms with Gasteiger partial charge in [0.1, 0.15) is 17.4 Å². The molecule has 0 amide bonds. The average Bonchev–Trinajstić information content (AvgIpc) is 2.37. The van der Waals surface area contributed by atoms with Crippen LogP contribution in [0.5, 0.6) is 5.75 Å². The number of aromatic hydroxyl groups is 1. The first kappa shape index (κ1) is 12.3. The van der Waals surface area contributed by atoms with Gasteiger partial charge in [0, 0.05) is 23.1 Å².